The lowest BCUT2D eigenvalue weighted by molar-refractivity contribution is -0.162. The molecule has 0 aliphatic heterocycles. The highest BCUT2D eigenvalue weighted by Crippen LogP contribution is 2.82. The number of ether oxygens (including phenoxy) is 1. The Morgan fingerprint density at radius 2 is 1.73 bits per heavy atom. The van der Waals surface area contributed by atoms with Crippen molar-refractivity contribution in [1.82, 2.24) is 0 Å². The molecule has 11 atom stereocenters. The van der Waals surface area contributed by atoms with Gasteiger partial charge in [0.05, 0.1) is 6.10 Å². The minimum Gasteiger partial charge on any atom is -0.381 e. The zero-order chi connectivity index (χ0) is 21.5. The summed E-state index contributed by atoms with van der Waals surface area (Å²) in [5.74, 6) is 11.1. The van der Waals surface area contributed by atoms with E-state index >= 15 is 0 Å². The molecule has 0 bridgehead atoms. The quantitative estimate of drug-likeness (QED) is 0.582. The van der Waals surface area contributed by atoms with Gasteiger partial charge in [0.25, 0.3) is 0 Å². The molecule has 30 heavy (non-hydrogen) atoms. The Labute approximate surface area is 184 Å². The fraction of sp³-hybridized carbons (Fsp3) is 0.929. The van der Waals surface area contributed by atoms with Gasteiger partial charge < -0.3 is 9.84 Å². The van der Waals surface area contributed by atoms with Crippen LogP contribution in [0.1, 0.15) is 86.0 Å². The maximum absolute atomic E-state index is 10.9. The second-order valence-electron chi connectivity index (χ2n) is 12.7. The largest absolute Gasteiger partial charge is 0.381 e. The minimum atomic E-state index is -0.480. The van der Waals surface area contributed by atoms with Crippen LogP contribution in [0.5, 0.6) is 0 Å². The normalized spacial score (nSPS) is 53.1. The van der Waals surface area contributed by atoms with E-state index < -0.39 is 6.10 Å². The van der Waals surface area contributed by atoms with Crippen LogP contribution in [0.3, 0.4) is 0 Å². The van der Waals surface area contributed by atoms with E-state index in [9.17, 15) is 5.11 Å². The van der Waals surface area contributed by atoms with Crippen molar-refractivity contribution in [2.75, 3.05) is 7.11 Å². The van der Waals surface area contributed by atoms with Crippen LogP contribution in [0.4, 0.5) is 0 Å². The van der Waals surface area contributed by atoms with E-state index in [2.05, 4.69) is 46.5 Å². The third-order valence-electron chi connectivity index (χ3n) is 11.6. The summed E-state index contributed by atoms with van der Waals surface area (Å²) < 4.78 is 6.25. The lowest BCUT2D eigenvalue weighted by Gasteiger charge is -2.61. The molecule has 168 valence electrons. The average Bonchev–Trinajstić information content (AvgIpc) is 3.22. The molecule has 5 rings (SSSR count). The van der Waals surface area contributed by atoms with Gasteiger partial charge >= 0.3 is 0 Å². The Balaban J connectivity index is 1.40. The molecule has 2 heteroatoms. The van der Waals surface area contributed by atoms with Crippen molar-refractivity contribution in [2.24, 2.45) is 57.7 Å². The second kappa shape index (κ2) is 6.99. The molecule has 1 unspecified atom stereocenters. The molecule has 1 spiro atoms. The van der Waals surface area contributed by atoms with Gasteiger partial charge in [0.2, 0.25) is 0 Å². The Kier molecular flexibility index (Phi) is 4.97. The molecule has 1 N–H and O–H groups in total. The van der Waals surface area contributed by atoms with Crippen LogP contribution in [0.25, 0.3) is 0 Å². The van der Waals surface area contributed by atoms with E-state index in [1.165, 1.54) is 51.4 Å². The molecule has 5 fully saturated rings. The van der Waals surface area contributed by atoms with Crippen LogP contribution < -0.4 is 0 Å². The number of aliphatic hydroxyl groups excluding tert-OH is 1. The molecule has 0 aromatic carbocycles. The standard InChI is InChI=1S/C28H44O2/c1-17(2)7-10-24(29)18(3)21-8-9-22-20-15-25(30-6)28-16-19(28)11-14-27(28,5)23(20)12-13-26(21,22)4/h17-25,29H,8-9,11-16H2,1-6H3/t18-,19-,20-,21+,22-,23-,24?,25+,26+,27+,28-/m0/s1. The summed E-state index contributed by atoms with van der Waals surface area (Å²) in [4.78, 5) is 0. The molecule has 0 amide bonds. The van der Waals surface area contributed by atoms with Gasteiger partial charge in [-0.25, -0.2) is 0 Å². The third kappa shape index (κ3) is 2.64. The van der Waals surface area contributed by atoms with Gasteiger partial charge in [-0.15, -0.1) is 0 Å². The summed E-state index contributed by atoms with van der Waals surface area (Å²) in [6.07, 6.45) is 11.0. The predicted octanol–water partition coefficient (Wildman–Crippen LogP) is 5.93. The minimum absolute atomic E-state index is 0.269. The first-order valence-electron chi connectivity index (χ1n) is 12.9. The Bertz CT molecular complexity index is 747. The smallest absolute Gasteiger partial charge is 0.117 e. The maximum Gasteiger partial charge on any atom is 0.117 e. The van der Waals surface area contributed by atoms with Gasteiger partial charge in [0, 0.05) is 18.4 Å². The van der Waals surface area contributed by atoms with E-state index in [1.54, 1.807) is 0 Å². The van der Waals surface area contributed by atoms with Crippen LogP contribution in [0.2, 0.25) is 0 Å². The van der Waals surface area contributed by atoms with Crippen molar-refractivity contribution < 1.29 is 9.84 Å². The summed E-state index contributed by atoms with van der Waals surface area (Å²) in [7, 11) is 1.99. The van der Waals surface area contributed by atoms with Gasteiger partial charge in [-0.05, 0) is 97.7 Å². The number of rotatable bonds is 3. The van der Waals surface area contributed by atoms with E-state index in [0.29, 0.717) is 34.2 Å². The molecule has 0 aromatic rings. The first kappa shape index (κ1) is 21.3. The summed E-state index contributed by atoms with van der Waals surface area (Å²) in [6, 6.07) is 0. The third-order valence-corrected chi connectivity index (χ3v) is 11.6. The topological polar surface area (TPSA) is 29.5 Å². The van der Waals surface area contributed by atoms with Gasteiger partial charge in [-0.2, -0.15) is 0 Å². The van der Waals surface area contributed by atoms with Gasteiger partial charge in [0.1, 0.15) is 6.10 Å². The summed E-state index contributed by atoms with van der Waals surface area (Å²) >= 11 is 0. The number of hydrogen-bond acceptors (Lipinski definition) is 2. The maximum atomic E-state index is 10.9. The molecule has 0 saturated heterocycles. The molecule has 5 aliphatic rings. The highest BCUT2D eigenvalue weighted by molar-refractivity contribution is 5.26. The Morgan fingerprint density at radius 1 is 0.967 bits per heavy atom. The van der Waals surface area contributed by atoms with Gasteiger partial charge in [-0.1, -0.05) is 46.5 Å². The number of hydrogen-bond donors (Lipinski definition) is 1. The van der Waals surface area contributed by atoms with Crippen molar-refractivity contribution in [3.8, 4) is 11.8 Å². The fourth-order valence-corrected chi connectivity index (χ4v) is 10.1. The van der Waals surface area contributed by atoms with Crippen molar-refractivity contribution >= 4 is 0 Å². The zero-order valence-electron chi connectivity index (χ0n) is 20.2. The van der Waals surface area contributed by atoms with Gasteiger partial charge in [0.15, 0.2) is 0 Å². The van der Waals surface area contributed by atoms with E-state index in [1.807, 2.05) is 7.11 Å². The number of methoxy groups -OCH3 is 1. The van der Waals surface area contributed by atoms with Crippen molar-refractivity contribution in [1.29, 1.82) is 0 Å². The van der Waals surface area contributed by atoms with Crippen LogP contribution >= 0.6 is 0 Å². The molecule has 0 radical (unpaired) electrons. The lowest BCUT2D eigenvalue weighted by atomic mass is 9.45. The summed E-state index contributed by atoms with van der Waals surface area (Å²) in [6.45, 7) is 11.7. The monoisotopic (exact) mass is 412 g/mol. The van der Waals surface area contributed by atoms with Crippen molar-refractivity contribution in [2.45, 2.75) is 98.2 Å². The van der Waals surface area contributed by atoms with E-state index in [-0.39, 0.29) is 5.92 Å². The Morgan fingerprint density at radius 3 is 2.40 bits per heavy atom. The summed E-state index contributed by atoms with van der Waals surface area (Å²) in [5.41, 5.74) is 1.39. The number of aliphatic hydroxyl groups is 1. The molecule has 5 saturated carbocycles. The van der Waals surface area contributed by atoms with Crippen LogP contribution in [0, 0.1) is 69.5 Å². The first-order valence-corrected chi connectivity index (χ1v) is 12.9. The van der Waals surface area contributed by atoms with E-state index in [0.717, 1.165) is 23.7 Å². The van der Waals surface area contributed by atoms with Crippen LogP contribution in [0.15, 0.2) is 0 Å². The molecule has 0 heterocycles. The highest BCUT2D eigenvalue weighted by Gasteiger charge is 2.77. The van der Waals surface area contributed by atoms with E-state index in [4.69, 9.17) is 4.74 Å². The average molecular weight is 413 g/mol. The van der Waals surface area contributed by atoms with Crippen LogP contribution in [-0.2, 0) is 4.74 Å². The highest BCUT2D eigenvalue weighted by atomic mass is 16.5. The molecular formula is C28H44O2. The number of fused-ring (bicyclic) bond motifs is 4. The second-order valence-corrected chi connectivity index (χ2v) is 12.7. The molecular weight excluding hydrogens is 368 g/mol. The molecule has 0 aromatic heterocycles. The lowest BCUT2D eigenvalue weighted by Crippen LogP contribution is -2.57. The first-order chi connectivity index (χ1) is 14.2. The van der Waals surface area contributed by atoms with Crippen molar-refractivity contribution in [3.05, 3.63) is 0 Å². The van der Waals surface area contributed by atoms with Gasteiger partial charge in [-0.3, -0.25) is 0 Å². The zero-order valence-corrected chi connectivity index (χ0v) is 20.2. The van der Waals surface area contributed by atoms with Crippen LogP contribution in [-0.4, -0.2) is 24.4 Å². The molecule has 5 aliphatic carbocycles. The Hall–Kier alpha value is -0.520. The summed E-state index contributed by atoms with van der Waals surface area (Å²) in [5, 5.41) is 10.9. The predicted molar refractivity (Wildman–Crippen MR) is 122 cm³/mol. The fourth-order valence-electron chi connectivity index (χ4n) is 10.1. The van der Waals surface area contributed by atoms with Crippen molar-refractivity contribution in [3.63, 3.8) is 0 Å². The molecule has 2 nitrogen and oxygen atoms in total. The SMILES string of the molecule is CO[C@@H]1C[C@H]2[C@@H]3CC[C@H]([C@H](C)C(O)C#CC(C)C)[C@@]3(C)CC[C@@H]2[C@@]2(C)CC[C@H]3C[C@]312.